The van der Waals surface area contributed by atoms with Crippen molar-refractivity contribution in [2.24, 2.45) is 17.8 Å². The number of nitrogens with one attached hydrogen (secondary N) is 1. The maximum absolute atomic E-state index is 13.6. The first kappa shape index (κ1) is 19.1. The minimum Gasteiger partial charge on any atom is -0.463 e. The van der Waals surface area contributed by atoms with E-state index in [4.69, 9.17) is 4.42 Å². The first-order valence-electron chi connectivity index (χ1n) is 10.1. The van der Waals surface area contributed by atoms with Gasteiger partial charge in [0.2, 0.25) is 0 Å². The summed E-state index contributed by atoms with van der Waals surface area (Å²) < 4.78 is 46.8. The molecule has 0 aromatic carbocycles. The Kier molecular flexibility index (Phi) is 4.37. The van der Waals surface area contributed by atoms with Gasteiger partial charge in [0.05, 0.1) is 12.5 Å². The fraction of sp³-hybridized carbons (Fsp3) is 0.476. The van der Waals surface area contributed by atoms with Crippen molar-refractivity contribution >= 4 is 11.6 Å². The second-order valence-corrected chi connectivity index (χ2v) is 8.40. The summed E-state index contributed by atoms with van der Waals surface area (Å²) in [4.78, 5) is 17.2. The smallest absolute Gasteiger partial charge is 0.433 e. The molecular weight excluding hydrogens is 397 g/mol. The molecule has 2 aliphatic rings. The molecule has 0 unspecified atom stereocenters. The molecule has 1 N–H and O–H groups in total. The van der Waals surface area contributed by atoms with E-state index in [1.54, 1.807) is 6.07 Å². The lowest BCUT2D eigenvalue weighted by molar-refractivity contribution is -0.142. The summed E-state index contributed by atoms with van der Waals surface area (Å²) in [5, 5.41) is 6.79. The van der Waals surface area contributed by atoms with E-state index in [1.807, 2.05) is 6.92 Å². The Morgan fingerprint density at radius 2 is 2.17 bits per heavy atom. The van der Waals surface area contributed by atoms with Crippen LogP contribution in [-0.4, -0.2) is 26.5 Å². The maximum Gasteiger partial charge on any atom is 0.433 e. The lowest BCUT2D eigenvalue weighted by Gasteiger charge is -2.28. The van der Waals surface area contributed by atoms with E-state index in [0.29, 0.717) is 16.4 Å². The third-order valence-electron chi connectivity index (χ3n) is 6.57. The molecule has 9 heteroatoms. The summed E-state index contributed by atoms with van der Waals surface area (Å²) in [6, 6.07) is 3.90. The zero-order chi connectivity index (χ0) is 21.0. The van der Waals surface area contributed by atoms with Gasteiger partial charge in [-0.25, -0.2) is 9.50 Å². The molecule has 2 saturated carbocycles. The van der Waals surface area contributed by atoms with Crippen LogP contribution in [0.15, 0.2) is 35.1 Å². The molecule has 3 aromatic heterocycles. The number of alkyl halides is 3. The highest BCUT2D eigenvalue weighted by atomic mass is 19.4. The van der Waals surface area contributed by atoms with E-state index in [0.717, 1.165) is 24.6 Å². The Balaban J connectivity index is 1.50. The van der Waals surface area contributed by atoms with Crippen molar-refractivity contribution in [2.75, 3.05) is 0 Å². The van der Waals surface area contributed by atoms with Crippen LogP contribution < -0.4 is 5.32 Å². The highest BCUT2D eigenvalue weighted by molar-refractivity contribution is 6.00. The number of carbonyl (C=O) groups excluding carboxylic acids is 1. The topological polar surface area (TPSA) is 72.4 Å². The molecule has 4 atom stereocenters. The van der Waals surface area contributed by atoms with Gasteiger partial charge in [-0.1, -0.05) is 6.42 Å². The standard InChI is InChI=1S/C21H21F3N4O2/c1-11(14-8-12-4-5-13(14)7-12)26-20(29)15-10-25-28-18(21(22,23)24)9-16(27-19(15)28)17-3-2-6-30-17/h2-3,6,9-14H,4-5,7-8H2,1H3,(H,26,29)/t11-,12-,13-,14-/m0/s1. The van der Waals surface area contributed by atoms with Crippen molar-refractivity contribution in [3.05, 3.63) is 41.9 Å². The minimum atomic E-state index is -4.67. The van der Waals surface area contributed by atoms with Crippen LogP contribution in [0.3, 0.4) is 0 Å². The summed E-state index contributed by atoms with van der Waals surface area (Å²) in [7, 11) is 0. The average Bonchev–Trinajstić information content (AvgIpc) is 3.50. The first-order valence-corrected chi connectivity index (χ1v) is 10.1. The van der Waals surface area contributed by atoms with Gasteiger partial charge in [0.1, 0.15) is 11.3 Å². The first-order chi connectivity index (χ1) is 14.3. The minimum absolute atomic E-state index is 0.00414. The van der Waals surface area contributed by atoms with Gasteiger partial charge in [-0.3, -0.25) is 4.79 Å². The van der Waals surface area contributed by atoms with Gasteiger partial charge < -0.3 is 9.73 Å². The van der Waals surface area contributed by atoms with Gasteiger partial charge in [-0.05, 0) is 62.1 Å². The van der Waals surface area contributed by atoms with Crippen LogP contribution >= 0.6 is 0 Å². The molecule has 5 rings (SSSR count). The van der Waals surface area contributed by atoms with Crippen LogP contribution in [0.2, 0.25) is 0 Å². The molecule has 3 aromatic rings. The van der Waals surface area contributed by atoms with Crippen molar-refractivity contribution in [1.82, 2.24) is 19.9 Å². The van der Waals surface area contributed by atoms with E-state index < -0.39 is 17.8 Å². The number of hydrogen-bond acceptors (Lipinski definition) is 4. The second kappa shape index (κ2) is 6.85. The zero-order valence-electron chi connectivity index (χ0n) is 16.3. The normalized spacial score (nSPS) is 24.5. The Hall–Kier alpha value is -2.84. The van der Waals surface area contributed by atoms with E-state index in [9.17, 15) is 18.0 Å². The number of hydrogen-bond donors (Lipinski definition) is 1. The quantitative estimate of drug-likeness (QED) is 0.674. The molecule has 158 valence electrons. The van der Waals surface area contributed by atoms with Crippen molar-refractivity contribution in [3.8, 4) is 11.5 Å². The Labute approximate surface area is 170 Å². The monoisotopic (exact) mass is 418 g/mol. The lowest BCUT2D eigenvalue weighted by Crippen LogP contribution is -2.40. The summed E-state index contributed by atoms with van der Waals surface area (Å²) in [5.74, 6) is 1.49. The number of fused-ring (bicyclic) bond motifs is 3. The van der Waals surface area contributed by atoms with Gasteiger partial charge in [-0.15, -0.1) is 0 Å². The molecule has 0 spiro atoms. The summed E-state index contributed by atoms with van der Waals surface area (Å²) in [6.45, 7) is 1.97. The molecular formula is C21H21F3N4O2. The summed E-state index contributed by atoms with van der Waals surface area (Å²) in [5.41, 5.74) is -1.15. The molecule has 2 fully saturated rings. The lowest BCUT2D eigenvalue weighted by atomic mass is 9.84. The Bertz CT molecular complexity index is 1090. The van der Waals surface area contributed by atoms with Gasteiger partial charge in [-0.2, -0.15) is 18.3 Å². The molecule has 3 heterocycles. The molecule has 0 aliphatic heterocycles. The van der Waals surface area contributed by atoms with Crippen LogP contribution in [0.25, 0.3) is 17.1 Å². The predicted octanol–water partition coefficient (Wildman–Crippen LogP) is 4.56. The predicted molar refractivity (Wildman–Crippen MR) is 102 cm³/mol. The van der Waals surface area contributed by atoms with E-state index in [-0.39, 0.29) is 28.7 Å². The van der Waals surface area contributed by atoms with Gasteiger partial charge in [0, 0.05) is 6.04 Å². The number of rotatable bonds is 4. The van der Waals surface area contributed by atoms with Gasteiger partial charge >= 0.3 is 6.18 Å². The molecule has 2 aliphatic carbocycles. The molecule has 30 heavy (non-hydrogen) atoms. The molecule has 6 nitrogen and oxygen atoms in total. The number of halogens is 3. The molecule has 0 saturated heterocycles. The highest BCUT2D eigenvalue weighted by Crippen LogP contribution is 2.49. The third-order valence-corrected chi connectivity index (χ3v) is 6.57. The molecule has 1 amide bonds. The Morgan fingerprint density at radius 3 is 2.80 bits per heavy atom. The number of amides is 1. The van der Waals surface area contributed by atoms with Crippen molar-refractivity contribution < 1.29 is 22.4 Å². The van der Waals surface area contributed by atoms with Crippen LogP contribution in [0.5, 0.6) is 0 Å². The fourth-order valence-corrected chi connectivity index (χ4v) is 5.17. The highest BCUT2D eigenvalue weighted by Gasteiger charge is 2.42. The SMILES string of the molecule is C[C@H](NC(=O)c1cnn2c(C(F)(F)F)cc(-c3ccco3)nc12)[C@@H]1C[C@H]2CC[C@H]1C2. The fourth-order valence-electron chi connectivity index (χ4n) is 5.17. The van der Waals surface area contributed by atoms with Crippen molar-refractivity contribution in [2.45, 2.75) is 44.8 Å². The van der Waals surface area contributed by atoms with Crippen LogP contribution in [0.1, 0.15) is 48.7 Å². The Morgan fingerprint density at radius 1 is 1.33 bits per heavy atom. The van der Waals surface area contributed by atoms with Crippen LogP contribution in [0, 0.1) is 17.8 Å². The number of carbonyl (C=O) groups is 1. The van der Waals surface area contributed by atoms with Gasteiger partial charge in [0.25, 0.3) is 5.91 Å². The van der Waals surface area contributed by atoms with E-state index in [2.05, 4.69) is 15.4 Å². The summed E-state index contributed by atoms with van der Waals surface area (Å²) in [6.07, 6.45) is 2.59. The maximum atomic E-state index is 13.6. The largest absolute Gasteiger partial charge is 0.463 e. The summed E-state index contributed by atoms with van der Waals surface area (Å²) >= 11 is 0. The third kappa shape index (κ3) is 3.16. The average molecular weight is 418 g/mol. The number of nitrogens with zero attached hydrogens (tertiary/aromatic N) is 3. The van der Waals surface area contributed by atoms with Crippen molar-refractivity contribution in [1.29, 1.82) is 0 Å². The molecule has 2 bridgehead atoms. The number of furan rings is 1. The van der Waals surface area contributed by atoms with Crippen LogP contribution in [-0.2, 0) is 6.18 Å². The van der Waals surface area contributed by atoms with Crippen LogP contribution in [0.4, 0.5) is 13.2 Å². The van der Waals surface area contributed by atoms with E-state index >= 15 is 0 Å². The second-order valence-electron chi connectivity index (χ2n) is 8.40. The number of aromatic nitrogens is 3. The van der Waals surface area contributed by atoms with Gasteiger partial charge in [0.15, 0.2) is 17.1 Å². The van der Waals surface area contributed by atoms with Crippen molar-refractivity contribution in [3.63, 3.8) is 0 Å². The zero-order valence-corrected chi connectivity index (χ0v) is 16.3. The molecule has 0 radical (unpaired) electrons. The van der Waals surface area contributed by atoms with E-state index in [1.165, 1.54) is 31.6 Å².